The summed E-state index contributed by atoms with van der Waals surface area (Å²) in [4.78, 5) is 4.88. The SMILES string of the molecule is CC(C)c1nc2c(c3ccccc13)CCC2. The fraction of sp³-hybridized carbons (Fsp3) is 0.400. The molecule has 0 N–H and O–H groups in total. The Hall–Kier alpha value is -1.37. The zero-order chi connectivity index (χ0) is 11.1. The number of hydrogen-bond acceptors (Lipinski definition) is 1. The Kier molecular flexibility index (Phi) is 2.20. The molecule has 0 atom stereocenters. The highest BCUT2D eigenvalue weighted by atomic mass is 14.7. The van der Waals surface area contributed by atoms with Gasteiger partial charge in [-0.25, -0.2) is 0 Å². The van der Waals surface area contributed by atoms with E-state index in [2.05, 4.69) is 38.1 Å². The fourth-order valence-electron chi connectivity index (χ4n) is 2.76. The van der Waals surface area contributed by atoms with Crippen molar-refractivity contribution in [2.75, 3.05) is 0 Å². The molecule has 16 heavy (non-hydrogen) atoms. The van der Waals surface area contributed by atoms with Crippen molar-refractivity contribution in [2.24, 2.45) is 0 Å². The van der Waals surface area contributed by atoms with Gasteiger partial charge in [-0.05, 0) is 36.1 Å². The lowest BCUT2D eigenvalue weighted by Gasteiger charge is -2.13. The zero-order valence-corrected chi connectivity index (χ0v) is 9.96. The minimum Gasteiger partial charge on any atom is -0.257 e. The highest BCUT2D eigenvalue weighted by Crippen LogP contribution is 2.32. The van der Waals surface area contributed by atoms with Crippen molar-refractivity contribution in [1.29, 1.82) is 0 Å². The number of fused-ring (bicyclic) bond motifs is 3. The number of benzene rings is 1. The lowest BCUT2D eigenvalue weighted by atomic mass is 9.98. The minimum atomic E-state index is 0.510. The van der Waals surface area contributed by atoms with Crippen LogP contribution in [-0.2, 0) is 12.8 Å². The van der Waals surface area contributed by atoms with Crippen molar-refractivity contribution in [3.05, 3.63) is 41.2 Å². The Bertz CT molecular complexity index is 540. The Morgan fingerprint density at radius 3 is 2.56 bits per heavy atom. The van der Waals surface area contributed by atoms with E-state index in [1.165, 1.54) is 47.0 Å². The van der Waals surface area contributed by atoms with E-state index >= 15 is 0 Å². The first-order valence-electron chi connectivity index (χ1n) is 6.18. The topological polar surface area (TPSA) is 12.9 Å². The summed E-state index contributed by atoms with van der Waals surface area (Å²) in [5.41, 5.74) is 4.12. The summed E-state index contributed by atoms with van der Waals surface area (Å²) in [6.07, 6.45) is 3.65. The van der Waals surface area contributed by atoms with E-state index in [1.54, 1.807) is 0 Å². The third-order valence-corrected chi connectivity index (χ3v) is 3.52. The Balaban J connectivity index is 2.40. The molecule has 0 bridgehead atoms. The molecular weight excluding hydrogens is 194 g/mol. The first-order valence-corrected chi connectivity index (χ1v) is 6.18. The van der Waals surface area contributed by atoms with Gasteiger partial charge >= 0.3 is 0 Å². The molecular formula is C15H17N. The van der Waals surface area contributed by atoms with Crippen molar-refractivity contribution in [3.8, 4) is 0 Å². The minimum absolute atomic E-state index is 0.510. The van der Waals surface area contributed by atoms with Crippen LogP contribution in [-0.4, -0.2) is 4.98 Å². The van der Waals surface area contributed by atoms with Crippen LogP contribution in [0.5, 0.6) is 0 Å². The molecule has 0 saturated carbocycles. The van der Waals surface area contributed by atoms with Crippen LogP contribution in [0.25, 0.3) is 10.8 Å². The molecule has 82 valence electrons. The van der Waals surface area contributed by atoms with Gasteiger partial charge in [0.2, 0.25) is 0 Å². The smallest absolute Gasteiger partial charge is 0.0510 e. The Labute approximate surface area is 96.5 Å². The van der Waals surface area contributed by atoms with E-state index < -0.39 is 0 Å². The largest absolute Gasteiger partial charge is 0.257 e. The maximum absolute atomic E-state index is 4.88. The molecule has 1 heteroatoms. The van der Waals surface area contributed by atoms with Crippen LogP contribution in [0.1, 0.15) is 43.1 Å². The molecule has 1 nitrogen and oxygen atoms in total. The van der Waals surface area contributed by atoms with Crippen LogP contribution in [0.15, 0.2) is 24.3 Å². The number of aryl methyl sites for hydroxylation is 2. The van der Waals surface area contributed by atoms with Crippen molar-refractivity contribution < 1.29 is 0 Å². The van der Waals surface area contributed by atoms with Gasteiger partial charge in [0.1, 0.15) is 0 Å². The summed E-state index contributed by atoms with van der Waals surface area (Å²) in [5, 5.41) is 2.80. The third-order valence-electron chi connectivity index (χ3n) is 3.52. The lowest BCUT2D eigenvalue weighted by Crippen LogP contribution is -2.00. The second kappa shape index (κ2) is 3.58. The highest BCUT2D eigenvalue weighted by molar-refractivity contribution is 5.89. The van der Waals surface area contributed by atoms with E-state index in [-0.39, 0.29) is 0 Å². The van der Waals surface area contributed by atoms with Crippen molar-refractivity contribution in [3.63, 3.8) is 0 Å². The van der Waals surface area contributed by atoms with Gasteiger partial charge in [-0.2, -0.15) is 0 Å². The average Bonchev–Trinajstić information content (AvgIpc) is 2.75. The van der Waals surface area contributed by atoms with Gasteiger partial charge in [-0.1, -0.05) is 38.1 Å². The first kappa shape index (κ1) is 9.83. The summed E-state index contributed by atoms with van der Waals surface area (Å²) in [7, 11) is 0. The summed E-state index contributed by atoms with van der Waals surface area (Å²) in [6, 6.07) is 8.74. The summed E-state index contributed by atoms with van der Waals surface area (Å²) < 4.78 is 0. The first-order chi connectivity index (χ1) is 7.77. The van der Waals surface area contributed by atoms with Gasteiger partial charge in [0.25, 0.3) is 0 Å². The second-order valence-electron chi connectivity index (χ2n) is 4.98. The van der Waals surface area contributed by atoms with Crippen LogP contribution in [0.3, 0.4) is 0 Å². The maximum Gasteiger partial charge on any atom is 0.0510 e. The van der Waals surface area contributed by atoms with Gasteiger partial charge in [0.15, 0.2) is 0 Å². The molecule has 0 amide bonds. The monoisotopic (exact) mass is 211 g/mol. The van der Waals surface area contributed by atoms with Crippen molar-refractivity contribution in [1.82, 2.24) is 4.98 Å². The molecule has 1 heterocycles. The molecule has 3 rings (SSSR count). The summed E-state index contributed by atoms with van der Waals surface area (Å²) in [5.74, 6) is 0.510. The molecule has 1 aromatic carbocycles. The fourth-order valence-corrected chi connectivity index (χ4v) is 2.76. The van der Waals surface area contributed by atoms with E-state index in [4.69, 9.17) is 4.98 Å². The van der Waals surface area contributed by atoms with Gasteiger partial charge in [0.05, 0.1) is 5.69 Å². The highest BCUT2D eigenvalue weighted by Gasteiger charge is 2.18. The quantitative estimate of drug-likeness (QED) is 0.698. The molecule has 1 aliphatic rings. The molecule has 2 aromatic rings. The molecule has 0 unspecified atom stereocenters. The standard InChI is InChI=1S/C15H17N/c1-10(2)15-13-7-4-3-6-11(13)12-8-5-9-14(12)16-15/h3-4,6-7,10H,5,8-9H2,1-2H3. The molecule has 0 saturated heterocycles. The van der Waals surface area contributed by atoms with Gasteiger partial charge < -0.3 is 0 Å². The molecule has 0 radical (unpaired) electrons. The number of rotatable bonds is 1. The predicted octanol–water partition coefficient (Wildman–Crippen LogP) is 3.85. The van der Waals surface area contributed by atoms with E-state index in [0.29, 0.717) is 5.92 Å². The van der Waals surface area contributed by atoms with Gasteiger partial charge in [-0.15, -0.1) is 0 Å². The maximum atomic E-state index is 4.88. The van der Waals surface area contributed by atoms with E-state index in [0.717, 1.165) is 0 Å². The molecule has 1 aliphatic carbocycles. The number of aromatic nitrogens is 1. The van der Waals surface area contributed by atoms with Crippen molar-refractivity contribution in [2.45, 2.75) is 39.0 Å². The van der Waals surface area contributed by atoms with Gasteiger partial charge in [-0.3, -0.25) is 4.98 Å². The molecule has 0 fully saturated rings. The number of hydrogen-bond donors (Lipinski definition) is 0. The molecule has 0 aliphatic heterocycles. The Morgan fingerprint density at radius 1 is 1.06 bits per heavy atom. The lowest BCUT2D eigenvalue weighted by molar-refractivity contribution is 0.817. The van der Waals surface area contributed by atoms with E-state index in [9.17, 15) is 0 Å². The summed E-state index contributed by atoms with van der Waals surface area (Å²) >= 11 is 0. The van der Waals surface area contributed by atoms with Crippen LogP contribution in [0.4, 0.5) is 0 Å². The third kappa shape index (κ3) is 1.35. The molecule has 1 aromatic heterocycles. The zero-order valence-electron chi connectivity index (χ0n) is 9.96. The Morgan fingerprint density at radius 2 is 1.81 bits per heavy atom. The predicted molar refractivity (Wildman–Crippen MR) is 67.9 cm³/mol. The van der Waals surface area contributed by atoms with Crippen molar-refractivity contribution >= 4 is 10.8 Å². The summed E-state index contributed by atoms with van der Waals surface area (Å²) in [6.45, 7) is 4.46. The van der Waals surface area contributed by atoms with E-state index in [1.807, 2.05) is 0 Å². The average molecular weight is 211 g/mol. The van der Waals surface area contributed by atoms with Crippen LogP contribution < -0.4 is 0 Å². The number of nitrogens with zero attached hydrogens (tertiary/aromatic N) is 1. The number of pyridine rings is 1. The van der Waals surface area contributed by atoms with Crippen LogP contribution in [0.2, 0.25) is 0 Å². The molecule has 0 spiro atoms. The van der Waals surface area contributed by atoms with Crippen LogP contribution >= 0.6 is 0 Å². The van der Waals surface area contributed by atoms with Crippen LogP contribution in [0, 0.1) is 0 Å². The van der Waals surface area contributed by atoms with Gasteiger partial charge in [0, 0.05) is 11.1 Å². The normalized spacial score (nSPS) is 14.7. The second-order valence-corrected chi connectivity index (χ2v) is 4.98.